The maximum atomic E-state index is 11.6. The van der Waals surface area contributed by atoms with Crippen LogP contribution in [0.15, 0.2) is 48.8 Å². The van der Waals surface area contributed by atoms with Crippen molar-refractivity contribution in [2.45, 2.75) is 0 Å². The Hall–Kier alpha value is -2.76. The molecule has 0 spiro atoms. The van der Waals surface area contributed by atoms with Crippen LogP contribution in [0.1, 0.15) is 0 Å². The molecule has 0 saturated heterocycles. The standard InChI is InChI=1S/C15H17N3O3/c1-20-13-3-2-4-14(11-13)21-10-9-17-15(19)18-12-5-7-16-8-6-12/h2-8,11H,9-10H2,1H3,(H2,16,17,18,19). The zero-order valence-electron chi connectivity index (χ0n) is 11.7. The Morgan fingerprint density at radius 2 is 1.95 bits per heavy atom. The molecule has 2 N–H and O–H groups in total. The summed E-state index contributed by atoms with van der Waals surface area (Å²) in [6.07, 6.45) is 3.23. The lowest BCUT2D eigenvalue weighted by molar-refractivity contribution is 0.247. The van der Waals surface area contributed by atoms with Gasteiger partial charge in [-0.05, 0) is 24.3 Å². The number of nitrogens with zero attached hydrogens (tertiary/aromatic N) is 1. The summed E-state index contributed by atoms with van der Waals surface area (Å²) >= 11 is 0. The summed E-state index contributed by atoms with van der Waals surface area (Å²) in [5.74, 6) is 1.43. The first-order chi connectivity index (χ1) is 10.3. The van der Waals surface area contributed by atoms with Gasteiger partial charge in [0.05, 0.1) is 13.7 Å². The van der Waals surface area contributed by atoms with Gasteiger partial charge in [-0.3, -0.25) is 4.98 Å². The van der Waals surface area contributed by atoms with Crippen molar-refractivity contribution in [1.82, 2.24) is 10.3 Å². The minimum absolute atomic E-state index is 0.282. The number of hydrogen-bond donors (Lipinski definition) is 2. The molecule has 0 bridgehead atoms. The molecule has 0 aliphatic rings. The second-order valence-electron chi connectivity index (χ2n) is 4.14. The first kappa shape index (κ1) is 14.6. The lowest BCUT2D eigenvalue weighted by Gasteiger charge is -2.09. The molecule has 1 heterocycles. The van der Waals surface area contributed by atoms with Crippen LogP contribution in [0.5, 0.6) is 11.5 Å². The van der Waals surface area contributed by atoms with Gasteiger partial charge in [-0.25, -0.2) is 4.79 Å². The lowest BCUT2D eigenvalue weighted by atomic mass is 10.3. The minimum atomic E-state index is -0.282. The smallest absolute Gasteiger partial charge is 0.319 e. The molecule has 0 fully saturated rings. The summed E-state index contributed by atoms with van der Waals surface area (Å²) in [6.45, 7) is 0.769. The average Bonchev–Trinajstić information content (AvgIpc) is 2.53. The summed E-state index contributed by atoms with van der Waals surface area (Å²) in [6, 6.07) is 10.5. The highest BCUT2D eigenvalue weighted by Gasteiger charge is 2.01. The van der Waals surface area contributed by atoms with Crippen molar-refractivity contribution < 1.29 is 14.3 Å². The van der Waals surface area contributed by atoms with Gasteiger partial charge in [0.15, 0.2) is 0 Å². The second kappa shape index (κ2) is 7.74. The van der Waals surface area contributed by atoms with Crippen LogP contribution < -0.4 is 20.1 Å². The van der Waals surface area contributed by atoms with E-state index >= 15 is 0 Å². The first-order valence-electron chi connectivity index (χ1n) is 6.49. The van der Waals surface area contributed by atoms with Crippen LogP contribution in [0, 0.1) is 0 Å². The van der Waals surface area contributed by atoms with Gasteiger partial charge >= 0.3 is 6.03 Å². The van der Waals surface area contributed by atoms with E-state index in [-0.39, 0.29) is 6.03 Å². The van der Waals surface area contributed by atoms with E-state index in [0.29, 0.717) is 24.6 Å². The number of amides is 2. The molecule has 6 nitrogen and oxygen atoms in total. The van der Waals surface area contributed by atoms with Gasteiger partial charge in [0.1, 0.15) is 18.1 Å². The fourth-order valence-electron chi connectivity index (χ4n) is 1.63. The molecule has 0 aliphatic carbocycles. The number of carbonyl (C=O) groups excluding carboxylic acids is 1. The SMILES string of the molecule is COc1cccc(OCCNC(=O)Nc2ccncc2)c1. The predicted molar refractivity (Wildman–Crippen MR) is 79.7 cm³/mol. The second-order valence-corrected chi connectivity index (χ2v) is 4.14. The van der Waals surface area contributed by atoms with Crippen molar-refractivity contribution in [2.75, 3.05) is 25.6 Å². The molecule has 21 heavy (non-hydrogen) atoms. The van der Waals surface area contributed by atoms with Crippen LogP contribution in [0.4, 0.5) is 10.5 Å². The molecule has 110 valence electrons. The van der Waals surface area contributed by atoms with Gasteiger partial charge in [-0.1, -0.05) is 6.07 Å². The van der Waals surface area contributed by atoms with Crippen molar-refractivity contribution in [3.05, 3.63) is 48.8 Å². The Labute approximate surface area is 123 Å². The summed E-state index contributed by atoms with van der Waals surface area (Å²) in [7, 11) is 1.60. The number of rotatable bonds is 6. The zero-order valence-corrected chi connectivity index (χ0v) is 11.7. The van der Waals surface area contributed by atoms with Crippen LogP contribution in [0.25, 0.3) is 0 Å². The van der Waals surface area contributed by atoms with Crippen LogP contribution in [-0.2, 0) is 0 Å². The van der Waals surface area contributed by atoms with E-state index in [4.69, 9.17) is 9.47 Å². The van der Waals surface area contributed by atoms with E-state index in [9.17, 15) is 4.79 Å². The van der Waals surface area contributed by atoms with E-state index in [1.54, 1.807) is 37.7 Å². The average molecular weight is 287 g/mol. The van der Waals surface area contributed by atoms with E-state index in [1.165, 1.54) is 0 Å². The topological polar surface area (TPSA) is 72.5 Å². The van der Waals surface area contributed by atoms with Gasteiger partial charge in [0.2, 0.25) is 0 Å². The number of urea groups is 1. The van der Waals surface area contributed by atoms with Crippen molar-refractivity contribution in [1.29, 1.82) is 0 Å². The lowest BCUT2D eigenvalue weighted by Crippen LogP contribution is -2.32. The first-order valence-corrected chi connectivity index (χ1v) is 6.49. The van der Waals surface area contributed by atoms with E-state index in [1.807, 2.05) is 18.2 Å². The van der Waals surface area contributed by atoms with Crippen LogP contribution in [-0.4, -0.2) is 31.3 Å². The molecule has 0 aliphatic heterocycles. The normalized spacial score (nSPS) is 9.76. The molecule has 0 radical (unpaired) electrons. The van der Waals surface area contributed by atoms with Crippen molar-refractivity contribution in [3.63, 3.8) is 0 Å². The van der Waals surface area contributed by atoms with Crippen molar-refractivity contribution in [2.24, 2.45) is 0 Å². The summed E-state index contributed by atoms with van der Waals surface area (Å²) in [5.41, 5.74) is 0.691. The molecule has 0 saturated carbocycles. The summed E-state index contributed by atoms with van der Waals surface area (Å²) < 4.78 is 10.6. The van der Waals surface area contributed by atoms with Gasteiger partial charge in [0.25, 0.3) is 0 Å². The molecule has 1 aromatic carbocycles. The monoisotopic (exact) mass is 287 g/mol. The fourth-order valence-corrected chi connectivity index (χ4v) is 1.63. The number of nitrogens with one attached hydrogen (secondary N) is 2. The molecule has 6 heteroatoms. The minimum Gasteiger partial charge on any atom is -0.497 e. The summed E-state index contributed by atoms with van der Waals surface area (Å²) in [5, 5.41) is 5.40. The predicted octanol–water partition coefficient (Wildman–Crippen LogP) is 2.29. The molecule has 0 unspecified atom stereocenters. The van der Waals surface area contributed by atoms with E-state index in [2.05, 4.69) is 15.6 Å². The number of hydrogen-bond acceptors (Lipinski definition) is 4. The fraction of sp³-hybridized carbons (Fsp3) is 0.200. The number of anilines is 1. The highest BCUT2D eigenvalue weighted by molar-refractivity contribution is 5.88. The van der Waals surface area contributed by atoms with E-state index in [0.717, 1.165) is 5.75 Å². The zero-order chi connectivity index (χ0) is 14.9. The van der Waals surface area contributed by atoms with E-state index < -0.39 is 0 Å². The largest absolute Gasteiger partial charge is 0.497 e. The van der Waals surface area contributed by atoms with Crippen LogP contribution >= 0.6 is 0 Å². The molecule has 2 amide bonds. The molecular formula is C15H17N3O3. The Morgan fingerprint density at radius 1 is 1.19 bits per heavy atom. The van der Waals surface area contributed by atoms with Gasteiger partial charge in [-0.2, -0.15) is 0 Å². The molecule has 2 aromatic rings. The third kappa shape index (κ3) is 5.02. The third-order valence-corrected chi connectivity index (χ3v) is 2.64. The number of carbonyl (C=O) groups is 1. The van der Waals surface area contributed by atoms with Crippen molar-refractivity contribution >= 4 is 11.7 Å². The number of ether oxygens (including phenoxy) is 2. The highest BCUT2D eigenvalue weighted by Crippen LogP contribution is 2.18. The Bertz CT molecular complexity index is 575. The molecule has 2 rings (SSSR count). The number of pyridine rings is 1. The quantitative estimate of drug-likeness (QED) is 0.800. The number of benzene rings is 1. The Kier molecular flexibility index (Phi) is 5.40. The van der Waals surface area contributed by atoms with Gasteiger partial charge in [0, 0.05) is 24.1 Å². The maximum Gasteiger partial charge on any atom is 0.319 e. The van der Waals surface area contributed by atoms with Gasteiger partial charge in [-0.15, -0.1) is 0 Å². The van der Waals surface area contributed by atoms with Gasteiger partial charge < -0.3 is 20.1 Å². The Morgan fingerprint density at radius 3 is 2.71 bits per heavy atom. The van der Waals surface area contributed by atoms with Crippen LogP contribution in [0.2, 0.25) is 0 Å². The van der Waals surface area contributed by atoms with Crippen molar-refractivity contribution in [3.8, 4) is 11.5 Å². The molecule has 0 atom stereocenters. The number of methoxy groups -OCH3 is 1. The molecular weight excluding hydrogens is 270 g/mol. The Balaban J connectivity index is 1.68. The maximum absolute atomic E-state index is 11.6. The highest BCUT2D eigenvalue weighted by atomic mass is 16.5. The third-order valence-electron chi connectivity index (χ3n) is 2.64. The number of aromatic nitrogens is 1. The van der Waals surface area contributed by atoms with Crippen LogP contribution in [0.3, 0.4) is 0 Å². The summed E-state index contributed by atoms with van der Waals surface area (Å²) in [4.78, 5) is 15.5. The molecule has 1 aromatic heterocycles.